The van der Waals surface area contributed by atoms with Gasteiger partial charge in [0.15, 0.2) is 0 Å². The molecular weight excluding hydrogens is 307 g/mol. The second kappa shape index (κ2) is 5.88. The van der Waals surface area contributed by atoms with Gasteiger partial charge in [0.25, 0.3) is 0 Å². The summed E-state index contributed by atoms with van der Waals surface area (Å²) in [5.41, 5.74) is 2.15. The highest BCUT2D eigenvalue weighted by molar-refractivity contribution is 5.75. The fraction of sp³-hybridized carbons (Fsp3) is 0.526. The molecule has 0 spiro atoms. The standard InChI is InChI=1S/C19H23FN2O2/c1-24-17-4-2-3-14-15(22-12-21-11-16(22)18(14)17)7-10-19(20)8-5-13(23)6-9-19/h2-4,11-13,15,23H,5-10H2,1H3/t13-,15?,19-. The smallest absolute Gasteiger partial charge is 0.128 e. The van der Waals surface area contributed by atoms with Crippen molar-refractivity contribution < 1.29 is 14.2 Å². The molecule has 24 heavy (non-hydrogen) atoms. The fourth-order valence-corrected chi connectivity index (χ4v) is 4.23. The lowest BCUT2D eigenvalue weighted by Crippen LogP contribution is -2.32. The van der Waals surface area contributed by atoms with Crippen LogP contribution in [0.3, 0.4) is 0 Å². The van der Waals surface area contributed by atoms with Crippen molar-refractivity contribution in [3.8, 4) is 17.0 Å². The van der Waals surface area contributed by atoms with Gasteiger partial charge in [0, 0.05) is 5.56 Å². The van der Waals surface area contributed by atoms with Crippen LogP contribution in [0.2, 0.25) is 0 Å². The molecule has 1 atom stereocenters. The van der Waals surface area contributed by atoms with Crippen molar-refractivity contribution in [2.24, 2.45) is 0 Å². The number of hydrogen-bond donors (Lipinski definition) is 1. The summed E-state index contributed by atoms with van der Waals surface area (Å²) >= 11 is 0. The number of rotatable bonds is 4. The number of imidazole rings is 1. The van der Waals surface area contributed by atoms with Crippen LogP contribution in [-0.2, 0) is 0 Å². The Labute approximate surface area is 141 Å². The van der Waals surface area contributed by atoms with E-state index in [2.05, 4.69) is 15.6 Å². The van der Waals surface area contributed by atoms with E-state index in [1.54, 1.807) is 7.11 Å². The third-order valence-corrected chi connectivity index (χ3v) is 5.61. The van der Waals surface area contributed by atoms with Crippen molar-refractivity contribution in [3.63, 3.8) is 0 Å². The van der Waals surface area contributed by atoms with Gasteiger partial charge in [0.1, 0.15) is 11.4 Å². The highest BCUT2D eigenvalue weighted by Crippen LogP contribution is 2.47. The quantitative estimate of drug-likeness (QED) is 0.925. The van der Waals surface area contributed by atoms with Gasteiger partial charge in [0.2, 0.25) is 0 Å². The summed E-state index contributed by atoms with van der Waals surface area (Å²) in [5, 5.41) is 9.62. The largest absolute Gasteiger partial charge is 0.496 e. The third-order valence-electron chi connectivity index (χ3n) is 5.61. The van der Waals surface area contributed by atoms with E-state index in [0.29, 0.717) is 32.1 Å². The van der Waals surface area contributed by atoms with Crippen LogP contribution < -0.4 is 4.74 Å². The van der Waals surface area contributed by atoms with Gasteiger partial charge < -0.3 is 14.4 Å². The molecule has 2 heterocycles. The Balaban J connectivity index is 1.59. The van der Waals surface area contributed by atoms with Gasteiger partial charge in [-0.05, 0) is 50.2 Å². The first-order chi connectivity index (χ1) is 11.6. The molecule has 4 nitrogen and oxygen atoms in total. The number of aromatic nitrogens is 2. The van der Waals surface area contributed by atoms with E-state index in [-0.39, 0.29) is 12.1 Å². The molecule has 2 aromatic rings. The second-order valence-electron chi connectivity index (χ2n) is 7.05. The minimum absolute atomic E-state index is 0.104. The van der Waals surface area contributed by atoms with Crippen LogP contribution >= 0.6 is 0 Å². The summed E-state index contributed by atoms with van der Waals surface area (Å²) in [6.07, 6.45) is 6.66. The van der Waals surface area contributed by atoms with Crippen LogP contribution in [0.15, 0.2) is 30.7 Å². The number of hydrogen-bond acceptors (Lipinski definition) is 3. The van der Waals surface area contributed by atoms with Gasteiger partial charge in [0.05, 0.1) is 37.5 Å². The third kappa shape index (κ3) is 2.51. The van der Waals surface area contributed by atoms with Crippen LogP contribution in [0.1, 0.15) is 50.1 Å². The summed E-state index contributed by atoms with van der Waals surface area (Å²) in [5.74, 6) is 0.840. The Hall–Kier alpha value is -1.88. The fourth-order valence-electron chi connectivity index (χ4n) is 4.23. The molecule has 1 aromatic heterocycles. The maximum absolute atomic E-state index is 15.1. The zero-order valence-electron chi connectivity index (χ0n) is 13.9. The Bertz CT molecular complexity index is 735. The van der Waals surface area contributed by atoms with E-state index in [4.69, 9.17) is 4.74 Å². The molecule has 1 aromatic carbocycles. The van der Waals surface area contributed by atoms with Crippen molar-refractivity contribution in [2.45, 2.75) is 56.3 Å². The van der Waals surface area contributed by atoms with Gasteiger partial charge in [-0.2, -0.15) is 0 Å². The molecule has 1 N–H and O–H groups in total. The number of alkyl halides is 1. The Morgan fingerprint density at radius 1 is 1.38 bits per heavy atom. The molecule has 1 unspecified atom stereocenters. The lowest BCUT2D eigenvalue weighted by atomic mass is 9.80. The number of aliphatic hydroxyl groups is 1. The molecule has 0 bridgehead atoms. The van der Waals surface area contributed by atoms with E-state index in [1.807, 2.05) is 24.7 Å². The van der Waals surface area contributed by atoms with Gasteiger partial charge in [-0.1, -0.05) is 12.1 Å². The maximum Gasteiger partial charge on any atom is 0.128 e. The van der Waals surface area contributed by atoms with Crippen molar-refractivity contribution >= 4 is 0 Å². The van der Waals surface area contributed by atoms with Crippen LogP contribution in [0.25, 0.3) is 11.3 Å². The summed E-state index contributed by atoms with van der Waals surface area (Å²) in [6, 6.07) is 6.15. The lowest BCUT2D eigenvalue weighted by Gasteiger charge is -2.33. The van der Waals surface area contributed by atoms with E-state index in [1.165, 1.54) is 5.56 Å². The summed E-state index contributed by atoms with van der Waals surface area (Å²) in [6.45, 7) is 0. The number of fused-ring (bicyclic) bond motifs is 3. The predicted molar refractivity (Wildman–Crippen MR) is 89.9 cm³/mol. The first kappa shape index (κ1) is 15.6. The molecule has 1 fully saturated rings. The highest BCUT2D eigenvalue weighted by Gasteiger charge is 2.37. The number of benzene rings is 1. The van der Waals surface area contributed by atoms with Crippen LogP contribution in [0.4, 0.5) is 4.39 Å². The van der Waals surface area contributed by atoms with Crippen LogP contribution in [-0.4, -0.2) is 33.5 Å². The van der Waals surface area contributed by atoms with Crippen molar-refractivity contribution in [1.82, 2.24) is 9.55 Å². The number of methoxy groups -OCH3 is 1. The van der Waals surface area contributed by atoms with Crippen molar-refractivity contribution in [1.29, 1.82) is 0 Å². The van der Waals surface area contributed by atoms with Gasteiger partial charge >= 0.3 is 0 Å². The van der Waals surface area contributed by atoms with Gasteiger partial charge in [-0.25, -0.2) is 9.37 Å². The molecule has 128 valence electrons. The Kier molecular flexibility index (Phi) is 3.83. The van der Waals surface area contributed by atoms with E-state index in [9.17, 15) is 5.11 Å². The average molecular weight is 330 g/mol. The van der Waals surface area contributed by atoms with E-state index in [0.717, 1.165) is 23.4 Å². The van der Waals surface area contributed by atoms with Gasteiger partial charge in [-0.3, -0.25) is 0 Å². The lowest BCUT2D eigenvalue weighted by molar-refractivity contribution is 0.0253. The van der Waals surface area contributed by atoms with E-state index >= 15 is 4.39 Å². The SMILES string of the molecule is COc1cccc2c1-c1cncn1C2CC[C@]1(F)CC[C@H](O)CC1. The normalized spacial score (nSPS) is 28.5. The zero-order valence-corrected chi connectivity index (χ0v) is 13.9. The van der Waals surface area contributed by atoms with Gasteiger partial charge in [-0.15, -0.1) is 0 Å². The number of ether oxygens (including phenoxy) is 1. The van der Waals surface area contributed by atoms with E-state index < -0.39 is 5.67 Å². The van der Waals surface area contributed by atoms with Crippen LogP contribution in [0.5, 0.6) is 5.75 Å². The maximum atomic E-state index is 15.1. The molecular formula is C19H23FN2O2. The first-order valence-corrected chi connectivity index (χ1v) is 8.67. The molecule has 1 saturated carbocycles. The minimum Gasteiger partial charge on any atom is -0.496 e. The zero-order chi connectivity index (χ0) is 16.7. The molecule has 1 aliphatic carbocycles. The molecule has 1 aliphatic heterocycles. The molecule has 0 amide bonds. The highest BCUT2D eigenvalue weighted by atomic mass is 19.1. The molecule has 0 radical (unpaired) electrons. The topological polar surface area (TPSA) is 47.3 Å². The molecule has 0 saturated heterocycles. The second-order valence-corrected chi connectivity index (χ2v) is 7.05. The predicted octanol–water partition coefficient (Wildman–Crippen LogP) is 3.88. The minimum atomic E-state index is -1.15. The average Bonchev–Trinajstić information content (AvgIpc) is 3.17. The number of halogens is 1. The first-order valence-electron chi connectivity index (χ1n) is 8.67. The molecule has 5 heteroatoms. The van der Waals surface area contributed by atoms with Crippen molar-refractivity contribution in [3.05, 3.63) is 36.3 Å². The monoisotopic (exact) mass is 330 g/mol. The Morgan fingerprint density at radius 2 is 2.17 bits per heavy atom. The summed E-state index contributed by atoms with van der Waals surface area (Å²) in [7, 11) is 1.67. The van der Waals surface area contributed by atoms with Crippen molar-refractivity contribution in [2.75, 3.05) is 7.11 Å². The van der Waals surface area contributed by atoms with Crippen LogP contribution in [0, 0.1) is 0 Å². The number of aliphatic hydroxyl groups excluding tert-OH is 1. The molecule has 4 rings (SSSR count). The Morgan fingerprint density at radius 3 is 2.92 bits per heavy atom. The summed E-state index contributed by atoms with van der Waals surface area (Å²) < 4.78 is 22.7. The number of nitrogens with zero attached hydrogens (tertiary/aromatic N) is 2. The summed E-state index contributed by atoms with van der Waals surface area (Å²) in [4.78, 5) is 4.27. The molecule has 2 aliphatic rings.